The van der Waals surface area contributed by atoms with Gasteiger partial charge in [0.25, 0.3) is 5.56 Å². The molecule has 94 valence electrons. The molecular formula is C13H16N4O. The number of piperidine rings is 1. The van der Waals surface area contributed by atoms with Gasteiger partial charge in [-0.1, -0.05) is 0 Å². The van der Waals surface area contributed by atoms with Crippen LogP contribution in [0.5, 0.6) is 0 Å². The van der Waals surface area contributed by atoms with Gasteiger partial charge in [0.15, 0.2) is 5.52 Å². The first-order valence-corrected chi connectivity index (χ1v) is 6.26. The molecule has 2 aromatic heterocycles. The third-order valence-electron chi connectivity index (χ3n) is 3.54. The number of rotatable bonds is 1. The molecule has 1 aliphatic heterocycles. The van der Waals surface area contributed by atoms with Crippen LogP contribution in [0.1, 0.15) is 18.9 Å². The minimum atomic E-state index is -0.0269. The fourth-order valence-corrected chi connectivity index (χ4v) is 2.59. The minimum absolute atomic E-state index is 0.0269. The second kappa shape index (κ2) is 4.49. The Morgan fingerprint density at radius 2 is 2.28 bits per heavy atom. The zero-order chi connectivity index (χ0) is 12.5. The minimum Gasteiger partial charge on any atom is -0.304 e. The smallest absolute Gasteiger partial charge is 0.280 e. The lowest BCUT2D eigenvalue weighted by Gasteiger charge is -2.30. The molecule has 1 fully saturated rings. The fourth-order valence-electron chi connectivity index (χ4n) is 2.59. The predicted octanol–water partition coefficient (Wildman–Crippen LogP) is 1.06. The number of pyridine rings is 1. The Hall–Kier alpha value is -1.75. The number of hydrogen-bond acceptors (Lipinski definition) is 4. The summed E-state index contributed by atoms with van der Waals surface area (Å²) in [7, 11) is 2.09. The summed E-state index contributed by atoms with van der Waals surface area (Å²) in [6, 6.07) is 3.84. The summed E-state index contributed by atoms with van der Waals surface area (Å²) in [5.41, 5.74) is 1.11. The monoisotopic (exact) mass is 244 g/mol. The largest absolute Gasteiger partial charge is 0.304 e. The summed E-state index contributed by atoms with van der Waals surface area (Å²) in [5, 5.41) is 0. The van der Waals surface area contributed by atoms with Gasteiger partial charge in [0.2, 0.25) is 0 Å². The third kappa shape index (κ3) is 1.90. The fraction of sp³-hybridized carbons (Fsp3) is 0.462. The van der Waals surface area contributed by atoms with E-state index in [0.29, 0.717) is 11.0 Å². The number of likely N-dealkylation sites (N-methyl/N-ethyl adjacent to an activating group) is 1. The number of aromatic nitrogens is 3. The van der Waals surface area contributed by atoms with Crippen molar-refractivity contribution in [2.24, 2.45) is 0 Å². The van der Waals surface area contributed by atoms with E-state index in [4.69, 9.17) is 0 Å². The molecule has 18 heavy (non-hydrogen) atoms. The Morgan fingerprint density at radius 1 is 1.39 bits per heavy atom. The molecule has 0 N–H and O–H groups in total. The van der Waals surface area contributed by atoms with Gasteiger partial charge < -0.3 is 4.90 Å². The van der Waals surface area contributed by atoms with Crippen molar-refractivity contribution in [1.29, 1.82) is 0 Å². The van der Waals surface area contributed by atoms with E-state index in [1.807, 2.05) is 6.07 Å². The van der Waals surface area contributed by atoms with Gasteiger partial charge in [0.1, 0.15) is 0 Å². The SMILES string of the molecule is CN1CCCC(n2cnc3cccnc3c2=O)C1. The van der Waals surface area contributed by atoms with Crippen molar-refractivity contribution < 1.29 is 0 Å². The van der Waals surface area contributed by atoms with Crippen molar-refractivity contribution in [2.75, 3.05) is 20.1 Å². The van der Waals surface area contributed by atoms with Crippen LogP contribution < -0.4 is 5.56 Å². The molecule has 5 nitrogen and oxygen atoms in total. The number of hydrogen-bond donors (Lipinski definition) is 0. The highest BCUT2D eigenvalue weighted by Gasteiger charge is 2.20. The van der Waals surface area contributed by atoms with E-state index in [0.717, 1.165) is 25.9 Å². The van der Waals surface area contributed by atoms with Crippen molar-refractivity contribution >= 4 is 11.0 Å². The zero-order valence-electron chi connectivity index (χ0n) is 10.4. The van der Waals surface area contributed by atoms with Crippen LogP contribution in [0.25, 0.3) is 11.0 Å². The van der Waals surface area contributed by atoms with E-state index in [1.165, 1.54) is 0 Å². The molecule has 0 radical (unpaired) electrons. The van der Waals surface area contributed by atoms with Gasteiger partial charge in [0, 0.05) is 12.7 Å². The number of nitrogens with zero attached hydrogens (tertiary/aromatic N) is 4. The quantitative estimate of drug-likeness (QED) is 0.752. The molecule has 0 spiro atoms. The van der Waals surface area contributed by atoms with Crippen LogP contribution >= 0.6 is 0 Å². The zero-order valence-corrected chi connectivity index (χ0v) is 10.4. The summed E-state index contributed by atoms with van der Waals surface area (Å²) in [4.78, 5) is 23.1. The van der Waals surface area contributed by atoms with E-state index in [-0.39, 0.29) is 11.6 Å². The summed E-state index contributed by atoms with van der Waals surface area (Å²) < 4.78 is 1.74. The lowest BCUT2D eigenvalue weighted by Crippen LogP contribution is -2.37. The molecule has 0 aromatic carbocycles. The summed E-state index contributed by atoms with van der Waals surface area (Å²) in [5.74, 6) is 0. The van der Waals surface area contributed by atoms with Crippen molar-refractivity contribution in [2.45, 2.75) is 18.9 Å². The second-order valence-corrected chi connectivity index (χ2v) is 4.89. The average molecular weight is 244 g/mol. The molecule has 5 heteroatoms. The number of fused-ring (bicyclic) bond motifs is 1. The van der Waals surface area contributed by atoms with Crippen molar-refractivity contribution in [3.63, 3.8) is 0 Å². The molecule has 3 rings (SSSR count). The highest BCUT2D eigenvalue weighted by Crippen LogP contribution is 2.18. The molecular weight excluding hydrogens is 228 g/mol. The van der Waals surface area contributed by atoms with E-state index >= 15 is 0 Å². The molecule has 0 bridgehead atoms. The molecule has 1 aliphatic rings. The average Bonchev–Trinajstić information content (AvgIpc) is 2.39. The highest BCUT2D eigenvalue weighted by molar-refractivity contribution is 5.71. The molecule has 3 heterocycles. The topological polar surface area (TPSA) is 51.0 Å². The van der Waals surface area contributed by atoms with Crippen LogP contribution in [0.4, 0.5) is 0 Å². The molecule has 0 saturated carbocycles. The lowest BCUT2D eigenvalue weighted by atomic mass is 10.1. The molecule has 0 aliphatic carbocycles. The maximum Gasteiger partial charge on any atom is 0.280 e. The first kappa shape index (κ1) is 11.3. The summed E-state index contributed by atoms with van der Waals surface area (Å²) >= 11 is 0. The van der Waals surface area contributed by atoms with Crippen LogP contribution in [-0.2, 0) is 0 Å². The van der Waals surface area contributed by atoms with E-state index in [1.54, 1.807) is 23.2 Å². The van der Waals surface area contributed by atoms with Crippen molar-refractivity contribution in [1.82, 2.24) is 19.4 Å². The third-order valence-corrected chi connectivity index (χ3v) is 3.54. The Kier molecular flexibility index (Phi) is 2.83. The summed E-state index contributed by atoms with van der Waals surface area (Å²) in [6.45, 7) is 2.00. The van der Waals surface area contributed by atoms with Crippen LogP contribution in [-0.4, -0.2) is 39.6 Å². The van der Waals surface area contributed by atoms with Gasteiger partial charge in [0.05, 0.1) is 17.9 Å². The molecule has 1 unspecified atom stereocenters. The van der Waals surface area contributed by atoms with Crippen LogP contribution in [0.3, 0.4) is 0 Å². The Labute approximate surface area is 105 Å². The normalized spacial score (nSPS) is 21.3. The maximum absolute atomic E-state index is 12.4. The Balaban J connectivity index is 2.07. The summed E-state index contributed by atoms with van der Waals surface area (Å²) in [6.07, 6.45) is 5.46. The first-order valence-electron chi connectivity index (χ1n) is 6.26. The molecule has 1 saturated heterocycles. The van der Waals surface area contributed by atoms with E-state index < -0.39 is 0 Å². The van der Waals surface area contributed by atoms with Crippen molar-refractivity contribution in [3.8, 4) is 0 Å². The van der Waals surface area contributed by atoms with Gasteiger partial charge >= 0.3 is 0 Å². The predicted molar refractivity (Wildman–Crippen MR) is 69.6 cm³/mol. The molecule has 2 aromatic rings. The Bertz CT molecular complexity index is 622. The van der Waals surface area contributed by atoms with Gasteiger partial charge in [-0.15, -0.1) is 0 Å². The van der Waals surface area contributed by atoms with Crippen molar-refractivity contribution in [3.05, 3.63) is 35.0 Å². The number of likely N-dealkylation sites (tertiary alicyclic amines) is 1. The van der Waals surface area contributed by atoms with Gasteiger partial charge in [-0.25, -0.2) is 9.97 Å². The molecule has 0 amide bonds. The first-order chi connectivity index (χ1) is 8.75. The second-order valence-electron chi connectivity index (χ2n) is 4.89. The van der Waals surface area contributed by atoms with E-state index in [2.05, 4.69) is 21.9 Å². The highest BCUT2D eigenvalue weighted by atomic mass is 16.1. The van der Waals surface area contributed by atoms with Crippen LogP contribution in [0.2, 0.25) is 0 Å². The van der Waals surface area contributed by atoms with Crippen LogP contribution in [0, 0.1) is 0 Å². The van der Waals surface area contributed by atoms with Crippen LogP contribution in [0.15, 0.2) is 29.5 Å². The maximum atomic E-state index is 12.4. The van der Waals surface area contributed by atoms with Gasteiger partial charge in [-0.2, -0.15) is 0 Å². The van der Waals surface area contributed by atoms with Gasteiger partial charge in [-0.3, -0.25) is 9.36 Å². The standard InChI is InChI=1S/C13H16N4O/c1-16-7-3-4-10(8-16)17-9-15-11-5-2-6-14-12(11)13(17)18/h2,5-6,9-10H,3-4,7-8H2,1H3. The van der Waals surface area contributed by atoms with Gasteiger partial charge in [-0.05, 0) is 38.6 Å². The lowest BCUT2D eigenvalue weighted by molar-refractivity contribution is 0.209. The molecule has 1 atom stereocenters. The Morgan fingerprint density at radius 3 is 3.11 bits per heavy atom. The van der Waals surface area contributed by atoms with E-state index in [9.17, 15) is 4.79 Å².